The summed E-state index contributed by atoms with van der Waals surface area (Å²) in [4.78, 5) is 4.30. The second-order valence-corrected chi connectivity index (χ2v) is 4.10. The molecule has 1 N–H and O–H groups in total. The Morgan fingerprint density at radius 2 is 1.94 bits per heavy atom. The number of nitrogens with one attached hydrogen (secondary N) is 1. The third kappa shape index (κ3) is 2.38. The van der Waals surface area contributed by atoms with Crippen molar-refractivity contribution in [1.29, 1.82) is 0 Å². The third-order valence-corrected chi connectivity index (χ3v) is 2.89. The smallest absolute Gasteiger partial charge is 0.159 e. The number of hydrogen-bond donors (Lipinski definition) is 1. The molecule has 0 aliphatic rings. The molecule has 0 radical (unpaired) electrons. The Morgan fingerprint density at radius 1 is 1.17 bits per heavy atom. The van der Waals surface area contributed by atoms with Crippen molar-refractivity contribution in [1.82, 2.24) is 10.3 Å². The first-order valence-electron chi connectivity index (χ1n) is 5.67. The molecule has 2 aromatic rings. The molecule has 2 nitrogen and oxygen atoms in total. The Balaban J connectivity index is 2.45. The summed E-state index contributed by atoms with van der Waals surface area (Å²) in [6, 6.07) is 7.43. The molecule has 1 atom stereocenters. The van der Waals surface area contributed by atoms with Gasteiger partial charge in [0.25, 0.3) is 0 Å². The number of benzene rings is 1. The molecule has 18 heavy (non-hydrogen) atoms. The van der Waals surface area contributed by atoms with Crippen molar-refractivity contribution in [3.8, 4) is 0 Å². The number of aryl methyl sites for hydroxylation is 1. The molecule has 1 aromatic heterocycles. The molecule has 0 aliphatic heterocycles. The molecule has 1 heterocycles. The van der Waals surface area contributed by atoms with Crippen LogP contribution in [0.5, 0.6) is 0 Å². The van der Waals surface area contributed by atoms with Crippen LogP contribution in [0.15, 0.2) is 36.5 Å². The van der Waals surface area contributed by atoms with Crippen molar-refractivity contribution >= 4 is 0 Å². The first kappa shape index (κ1) is 12.6. The number of pyridine rings is 1. The summed E-state index contributed by atoms with van der Waals surface area (Å²) in [7, 11) is 1.76. The number of halogens is 2. The van der Waals surface area contributed by atoms with Gasteiger partial charge >= 0.3 is 0 Å². The van der Waals surface area contributed by atoms with Gasteiger partial charge < -0.3 is 5.32 Å². The Morgan fingerprint density at radius 3 is 2.56 bits per heavy atom. The summed E-state index contributed by atoms with van der Waals surface area (Å²) in [6.45, 7) is 1.94. The SMILES string of the molecule is CNC(c1ccc(F)c(F)c1)c1ncccc1C. The number of hydrogen-bond acceptors (Lipinski definition) is 2. The maximum Gasteiger partial charge on any atom is 0.159 e. The fraction of sp³-hybridized carbons (Fsp3) is 0.214. The highest BCUT2D eigenvalue weighted by molar-refractivity contribution is 5.32. The van der Waals surface area contributed by atoms with Crippen LogP contribution in [-0.2, 0) is 0 Å². The van der Waals surface area contributed by atoms with E-state index in [0.29, 0.717) is 5.56 Å². The van der Waals surface area contributed by atoms with E-state index in [9.17, 15) is 8.78 Å². The van der Waals surface area contributed by atoms with Crippen LogP contribution in [0, 0.1) is 18.6 Å². The Labute approximate surface area is 105 Å². The van der Waals surface area contributed by atoms with Gasteiger partial charge in [0.15, 0.2) is 11.6 Å². The molecule has 0 amide bonds. The molecule has 4 heteroatoms. The zero-order valence-corrected chi connectivity index (χ0v) is 10.2. The maximum atomic E-state index is 13.3. The highest BCUT2D eigenvalue weighted by Crippen LogP contribution is 2.23. The van der Waals surface area contributed by atoms with Crippen LogP contribution in [0.25, 0.3) is 0 Å². The van der Waals surface area contributed by atoms with Gasteiger partial charge in [0.2, 0.25) is 0 Å². The third-order valence-electron chi connectivity index (χ3n) is 2.89. The monoisotopic (exact) mass is 248 g/mol. The molecule has 1 unspecified atom stereocenters. The predicted octanol–water partition coefficient (Wildman–Crippen LogP) is 2.98. The van der Waals surface area contributed by atoms with E-state index >= 15 is 0 Å². The molecule has 0 saturated heterocycles. The fourth-order valence-electron chi connectivity index (χ4n) is 1.95. The van der Waals surface area contributed by atoms with Gasteiger partial charge in [0.05, 0.1) is 11.7 Å². The Hall–Kier alpha value is -1.81. The second kappa shape index (κ2) is 5.23. The van der Waals surface area contributed by atoms with Crippen molar-refractivity contribution in [3.63, 3.8) is 0 Å². The first-order valence-corrected chi connectivity index (χ1v) is 5.67. The number of rotatable bonds is 3. The summed E-state index contributed by atoms with van der Waals surface area (Å²) in [6.07, 6.45) is 1.69. The predicted molar refractivity (Wildman–Crippen MR) is 66.2 cm³/mol. The van der Waals surface area contributed by atoms with Crippen LogP contribution in [-0.4, -0.2) is 12.0 Å². The van der Waals surface area contributed by atoms with Gasteiger partial charge in [0, 0.05) is 6.20 Å². The normalized spacial score (nSPS) is 12.4. The van der Waals surface area contributed by atoms with E-state index < -0.39 is 11.6 Å². The van der Waals surface area contributed by atoms with Gasteiger partial charge in [0.1, 0.15) is 0 Å². The second-order valence-electron chi connectivity index (χ2n) is 4.10. The standard InChI is InChI=1S/C14H14F2N2/c1-9-4-3-7-18-13(9)14(17-2)10-5-6-11(15)12(16)8-10/h3-8,14,17H,1-2H3. The van der Waals surface area contributed by atoms with Crippen LogP contribution in [0.1, 0.15) is 22.9 Å². The summed E-state index contributed by atoms with van der Waals surface area (Å²) < 4.78 is 26.2. The summed E-state index contributed by atoms with van der Waals surface area (Å²) in [5.74, 6) is -1.69. The van der Waals surface area contributed by atoms with E-state index in [4.69, 9.17) is 0 Å². The van der Waals surface area contributed by atoms with Gasteiger partial charge in [-0.25, -0.2) is 8.78 Å². The fourth-order valence-corrected chi connectivity index (χ4v) is 1.95. The number of nitrogens with zero attached hydrogens (tertiary/aromatic N) is 1. The van der Waals surface area contributed by atoms with E-state index in [1.807, 2.05) is 19.1 Å². The minimum atomic E-state index is -0.846. The van der Waals surface area contributed by atoms with Gasteiger partial charge in [-0.15, -0.1) is 0 Å². The quantitative estimate of drug-likeness (QED) is 0.903. The molecule has 0 spiro atoms. The molecule has 1 aromatic carbocycles. The van der Waals surface area contributed by atoms with Crippen molar-refractivity contribution in [2.24, 2.45) is 0 Å². The summed E-state index contributed by atoms with van der Waals surface area (Å²) in [5, 5.41) is 3.07. The minimum absolute atomic E-state index is 0.249. The molecule has 94 valence electrons. The van der Waals surface area contributed by atoms with E-state index in [1.165, 1.54) is 6.07 Å². The zero-order chi connectivity index (χ0) is 13.1. The van der Waals surface area contributed by atoms with E-state index in [1.54, 1.807) is 19.3 Å². The lowest BCUT2D eigenvalue weighted by molar-refractivity contribution is 0.504. The molecule has 0 saturated carbocycles. The average Bonchev–Trinajstić information content (AvgIpc) is 2.37. The average molecular weight is 248 g/mol. The Bertz CT molecular complexity index is 555. The van der Waals surface area contributed by atoms with Gasteiger partial charge in [-0.3, -0.25) is 4.98 Å². The van der Waals surface area contributed by atoms with E-state index in [0.717, 1.165) is 17.3 Å². The molecule has 0 bridgehead atoms. The van der Waals surface area contributed by atoms with Gasteiger partial charge in [-0.2, -0.15) is 0 Å². The van der Waals surface area contributed by atoms with Gasteiger partial charge in [-0.05, 0) is 43.3 Å². The Kier molecular flexibility index (Phi) is 3.67. The zero-order valence-electron chi connectivity index (χ0n) is 10.2. The lowest BCUT2D eigenvalue weighted by Crippen LogP contribution is -2.20. The van der Waals surface area contributed by atoms with Crippen LogP contribution < -0.4 is 5.32 Å². The van der Waals surface area contributed by atoms with Crippen LogP contribution in [0.4, 0.5) is 8.78 Å². The molecular formula is C14H14F2N2. The van der Waals surface area contributed by atoms with Crippen LogP contribution in [0.2, 0.25) is 0 Å². The van der Waals surface area contributed by atoms with Crippen molar-refractivity contribution in [2.45, 2.75) is 13.0 Å². The van der Waals surface area contributed by atoms with Crippen LogP contribution >= 0.6 is 0 Å². The van der Waals surface area contributed by atoms with Gasteiger partial charge in [-0.1, -0.05) is 12.1 Å². The summed E-state index contributed by atoms with van der Waals surface area (Å²) >= 11 is 0. The number of aromatic nitrogens is 1. The molecule has 2 rings (SSSR count). The lowest BCUT2D eigenvalue weighted by atomic mass is 10.00. The largest absolute Gasteiger partial charge is 0.308 e. The highest BCUT2D eigenvalue weighted by Gasteiger charge is 2.16. The first-order chi connectivity index (χ1) is 8.63. The van der Waals surface area contributed by atoms with E-state index in [-0.39, 0.29) is 6.04 Å². The molecular weight excluding hydrogens is 234 g/mol. The molecule has 0 aliphatic carbocycles. The lowest BCUT2D eigenvalue weighted by Gasteiger charge is -2.18. The van der Waals surface area contributed by atoms with Crippen LogP contribution in [0.3, 0.4) is 0 Å². The maximum absolute atomic E-state index is 13.3. The highest BCUT2D eigenvalue weighted by atomic mass is 19.2. The van der Waals surface area contributed by atoms with Crippen molar-refractivity contribution in [3.05, 3.63) is 65.0 Å². The minimum Gasteiger partial charge on any atom is -0.308 e. The van der Waals surface area contributed by atoms with Crippen molar-refractivity contribution < 1.29 is 8.78 Å². The summed E-state index contributed by atoms with van der Waals surface area (Å²) in [5.41, 5.74) is 2.46. The molecule has 0 fully saturated rings. The van der Waals surface area contributed by atoms with E-state index in [2.05, 4.69) is 10.3 Å². The van der Waals surface area contributed by atoms with Crippen molar-refractivity contribution in [2.75, 3.05) is 7.05 Å². The topological polar surface area (TPSA) is 24.9 Å².